The van der Waals surface area contributed by atoms with Crippen LogP contribution in [0.3, 0.4) is 0 Å². The van der Waals surface area contributed by atoms with Crippen molar-refractivity contribution in [3.8, 4) is 0 Å². The van der Waals surface area contributed by atoms with Crippen molar-refractivity contribution in [3.05, 3.63) is 27.4 Å². The third-order valence-electron chi connectivity index (χ3n) is 2.62. The number of benzene rings is 1. The van der Waals surface area contributed by atoms with Gasteiger partial charge in [-0.05, 0) is 40.9 Å². The van der Waals surface area contributed by atoms with E-state index < -0.39 is 5.82 Å². The number of anilines is 1. The van der Waals surface area contributed by atoms with Crippen molar-refractivity contribution in [1.82, 2.24) is 0 Å². The molecule has 1 heterocycles. The van der Waals surface area contributed by atoms with E-state index in [0.717, 1.165) is 12.8 Å². The number of halogens is 4. The molecule has 1 saturated heterocycles. The smallest absolute Gasteiger partial charge is 0.240 e. The van der Waals surface area contributed by atoms with E-state index >= 15 is 0 Å². The van der Waals surface area contributed by atoms with Crippen LogP contribution in [0.2, 0.25) is 5.02 Å². The molecule has 17 heavy (non-hydrogen) atoms. The predicted octanol–water partition coefficient (Wildman–Crippen LogP) is 4.13. The van der Waals surface area contributed by atoms with Crippen LogP contribution in [-0.2, 0) is 4.79 Å². The summed E-state index contributed by atoms with van der Waals surface area (Å²) in [7, 11) is 0. The minimum atomic E-state index is -0.425. The van der Waals surface area contributed by atoms with Gasteiger partial charge in [0.25, 0.3) is 0 Å². The van der Waals surface area contributed by atoms with E-state index in [1.165, 1.54) is 12.1 Å². The van der Waals surface area contributed by atoms with E-state index in [2.05, 4.69) is 31.9 Å². The normalized spacial score (nSPS) is 20.8. The maximum atomic E-state index is 13.1. The lowest BCUT2D eigenvalue weighted by Gasteiger charge is -2.31. The number of carbonyl (C=O) groups excluding carboxylic acids is 1. The van der Waals surface area contributed by atoms with Gasteiger partial charge in [-0.3, -0.25) is 4.79 Å². The zero-order chi connectivity index (χ0) is 12.6. The largest absolute Gasteiger partial charge is 0.309 e. The van der Waals surface area contributed by atoms with E-state index in [-0.39, 0.29) is 15.8 Å². The molecule has 0 spiro atoms. The Bertz CT molecular complexity index is 446. The van der Waals surface area contributed by atoms with Gasteiger partial charge in [-0.15, -0.1) is 0 Å². The molecule has 0 aromatic heterocycles. The first kappa shape index (κ1) is 13.3. The summed E-state index contributed by atoms with van der Waals surface area (Å²) in [4.78, 5) is 13.4. The topological polar surface area (TPSA) is 20.3 Å². The second kappa shape index (κ2) is 5.24. The van der Waals surface area contributed by atoms with E-state index in [4.69, 9.17) is 11.6 Å². The quantitative estimate of drug-likeness (QED) is 0.666. The predicted molar refractivity (Wildman–Crippen MR) is 73.4 cm³/mol. The van der Waals surface area contributed by atoms with Gasteiger partial charge in [-0.2, -0.15) is 0 Å². The summed E-state index contributed by atoms with van der Waals surface area (Å²) in [6.07, 6.45) is 1.70. The van der Waals surface area contributed by atoms with E-state index in [0.29, 0.717) is 16.7 Å². The SMILES string of the molecule is O=C1C(Br)CCCN1c1c(Cl)cc(F)cc1Br. The molecule has 1 atom stereocenters. The first-order valence-corrected chi connectivity index (χ1v) is 7.19. The monoisotopic (exact) mass is 383 g/mol. The van der Waals surface area contributed by atoms with Crippen molar-refractivity contribution in [2.75, 3.05) is 11.4 Å². The highest BCUT2D eigenvalue weighted by Gasteiger charge is 2.30. The molecule has 0 bridgehead atoms. The molecule has 1 amide bonds. The molecule has 1 aliphatic rings. The van der Waals surface area contributed by atoms with Crippen molar-refractivity contribution < 1.29 is 9.18 Å². The van der Waals surface area contributed by atoms with Crippen molar-refractivity contribution in [1.29, 1.82) is 0 Å². The minimum Gasteiger partial charge on any atom is -0.309 e. The third-order valence-corrected chi connectivity index (χ3v) is 4.37. The van der Waals surface area contributed by atoms with Crippen LogP contribution >= 0.6 is 43.5 Å². The number of amides is 1. The van der Waals surface area contributed by atoms with Crippen molar-refractivity contribution in [3.63, 3.8) is 0 Å². The van der Waals surface area contributed by atoms with Crippen molar-refractivity contribution >= 4 is 55.1 Å². The number of carbonyl (C=O) groups is 1. The van der Waals surface area contributed by atoms with E-state index in [1.807, 2.05) is 0 Å². The maximum absolute atomic E-state index is 13.1. The first-order chi connectivity index (χ1) is 8.00. The van der Waals surface area contributed by atoms with Gasteiger partial charge in [0.1, 0.15) is 5.82 Å². The molecule has 2 nitrogen and oxygen atoms in total. The van der Waals surface area contributed by atoms with Crippen LogP contribution in [0, 0.1) is 5.82 Å². The molecule has 1 aliphatic heterocycles. The Balaban J connectivity index is 2.43. The lowest BCUT2D eigenvalue weighted by Crippen LogP contribution is -2.42. The molecule has 0 saturated carbocycles. The molecule has 6 heteroatoms. The Kier molecular flexibility index (Phi) is 4.10. The fraction of sp³-hybridized carbons (Fsp3) is 0.364. The summed E-state index contributed by atoms with van der Waals surface area (Å²) >= 11 is 12.6. The number of nitrogens with zero attached hydrogens (tertiary/aromatic N) is 1. The lowest BCUT2D eigenvalue weighted by molar-refractivity contribution is -0.118. The van der Waals surface area contributed by atoms with Gasteiger partial charge in [0.15, 0.2) is 0 Å². The fourth-order valence-corrected chi connectivity index (χ4v) is 3.49. The Morgan fingerprint density at radius 2 is 2.18 bits per heavy atom. The van der Waals surface area contributed by atoms with Crippen LogP contribution in [0.1, 0.15) is 12.8 Å². The molecule has 1 fully saturated rings. The van der Waals surface area contributed by atoms with Gasteiger partial charge in [0.2, 0.25) is 5.91 Å². The second-order valence-electron chi connectivity index (χ2n) is 3.82. The summed E-state index contributed by atoms with van der Waals surface area (Å²) in [5, 5.41) is 0.242. The first-order valence-electron chi connectivity index (χ1n) is 5.10. The average Bonchev–Trinajstić information content (AvgIpc) is 2.23. The van der Waals surface area contributed by atoms with Crippen LogP contribution in [0.4, 0.5) is 10.1 Å². The summed E-state index contributed by atoms with van der Waals surface area (Å²) in [6, 6.07) is 2.53. The molecular weight excluding hydrogens is 376 g/mol. The zero-order valence-corrected chi connectivity index (χ0v) is 12.6. The highest BCUT2D eigenvalue weighted by molar-refractivity contribution is 9.10. The lowest BCUT2D eigenvalue weighted by atomic mass is 10.1. The van der Waals surface area contributed by atoms with Crippen LogP contribution < -0.4 is 4.90 Å². The van der Waals surface area contributed by atoms with Gasteiger partial charge in [0, 0.05) is 11.0 Å². The Morgan fingerprint density at radius 3 is 2.82 bits per heavy atom. The molecule has 1 aromatic rings. The molecule has 1 aromatic carbocycles. The number of hydrogen-bond donors (Lipinski definition) is 0. The van der Waals surface area contributed by atoms with E-state index in [9.17, 15) is 9.18 Å². The second-order valence-corrected chi connectivity index (χ2v) is 6.18. The summed E-state index contributed by atoms with van der Waals surface area (Å²) in [6.45, 7) is 0.602. The summed E-state index contributed by atoms with van der Waals surface area (Å²) in [5.41, 5.74) is 0.544. The number of alkyl halides is 1. The van der Waals surface area contributed by atoms with Gasteiger partial charge in [-0.1, -0.05) is 27.5 Å². The molecule has 2 rings (SSSR count). The molecule has 0 aliphatic carbocycles. The highest BCUT2D eigenvalue weighted by atomic mass is 79.9. The molecule has 92 valence electrons. The van der Waals surface area contributed by atoms with Gasteiger partial charge >= 0.3 is 0 Å². The maximum Gasteiger partial charge on any atom is 0.240 e. The Labute approximate surface area is 120 Å². The van der Waals surface area contributed by atoms with Crippen LogP contribution in [0.15, 0.2) is 16.6 Å². The zero-order valence-electron chi connectivity index (χ0n) is 8.72. The Hall–Kier alpha value is -0.130. The standard InChI is InChI=1S/C11H9Br2ClFNO/c12-7-2-1-3-16(11(7)17)10-8(13)4-6(15)5-9(10)14/h4-5,7H,1-3H2. The molecule has 0 N–H and O–H groups in total. The van der Waals surface area contributed by atoms with E-state index in [1.54, 1.807) is 4.90 Å². The number of hydrogen-bond acceptors (Lipinski definition) is 1. The van der Waals surface area contributed by atoms with Gasteiger partial charge in [-0.25, -0.2) is 4.39 Å². The van der Waals surface area contributed by atoms with Crippen LogP contribution in [0.25, 0.3) is 0 Å². The minimum absolute atomic E-state index is 0.0366. The van der Waals surface area contributed by atoms with Crippen LogP contribution in [-0.4, -0.2) is 17.3 Å². The molecule has 1 unspecified atom stereocenters. The number of rotatable bonds is 1. The average molecular weight is 385 g/mol. The highest BCUT2D eigenvalue weighted by Crippen LogP contribution is 2.37. The third kappa shape index (κ3) is 2.66. The number of piperidine rings is 1. The molecular formula is C11H9Br2ClFNO. The van der Waals surface area contributed by atoms with Crippen molar-refractivity contribution in [2.45, 2.75) is 17.7 Å². The van der Waals surface area contributed by atoms with Crippen molar-refractivity contribution in [2.24, 2.45) is 0 Å². The van der Waals surface area contributed by atoms with Crippen LogP contribution in [0.5, 0.6) is 0 Å². The summed E-state index contributed by atoms with van der Waals surface area (Å²) in [5.74, 6) is -0.462. The van der Waals surface area contributed by atoms with Gasteiger partial charge in [0.05, 0.1) is 15.5 Å². The van der Waals surface area contributed by atoms with Gasteiger partial charge < -0.3 is 4.90 Å². The fourth-order valence-electron chi connectivity index (χ4n) is 1.85. The molecule has 0 radical (unpaired) electrons. The summed E-state index contributed by atoms with van der Waals surface area (Å²) < 4.78 is 13.6. The Morgan fingerprint density at radius 1 is 1.47 bits per heavy atom.